The van der Waals surface area contributed by atoms with Gasteiger partial charge in [-0.05, 0) is 31.5 Å². The smallest absolute Gasteiger partial charge is 0.161 e. The lowest BCUT2D eigenvalue weighted by molar-refractivity contribution is 0.125. The molecule has 0 aliphatic rings. The Balaban J connectivity index is 2.79. The van der Waals surface area contributed by atoms with Crippen LogP contribution in [-0.2, 0) is 4.74 Å². The zero-order valence-corrected chi connectivity index (χ0v) is 13.8. The van der Waals surface area contributed by atoms with E-state index in [-0.39, 0.29) is 6.04 Å². The molecule has 0 fully saturated rings. The summed E-state index contributed by atoms with van der Waals surface area (Å²) in [5, 5.41) is 0. The summed E-state index contributed by atoms with van der Waals surface area (Å²) in [6, 6.07) is 6.16. The standard InChI is InChI=1S/C16H28N2O3/c1-12(2)18(8-9-19-3)11-14(17)13-6-7-15(20-4)16(10-13)21-5/h6-7,10,12,14H,8-9,11,17H2,1-5H3. The van der Waals surface area contributed by atoms with E-state index in [9.17, 15) is 0 Å². The molecule has 0 aromatic heterocycles. The van der Waals surface area contributed by atoms with E-state index in [4.69, 9.17) is 19.9 Å². The van der Waals surface area contributed by atoms with Crippen LogP contribution in [0.25, 0.3) is 0 Å². The molecule has 1 atom stereocenters. The van der Waals surface area contributed by atoms with Crippen molar-refractivity contribution in [2.75, 3.05) is 41.0 Å². The summed E-state index contributed by atoms with van der Waals surface area (Å²) in [7, 11) is 4.97. The average Bonchev–Trinajstić information content (AvgIpc) is 2.49. The number of ether oxygens (including phenoxy) is 3. The highest BCUT2D eigenvalue weighted by Gasteiger charge is 2.16. The summed E-state index contributed by atoms with van der Waals surface area (Å²) in [6.45, 7) is 6.68. The Labute approximate surface area is 128 Å². The van der Waals surface area contributed by atoms with Gasteiger partial charge in [0.2, 0.25) is 0 Å². The summed E-state index contributed by atoms with van der Waals surface area (Å²) in [6.07, 6.45) is 0. The Kier molecular flexibility index (Phi) is 7.50. The molecule has 0 saturated carbocycles. The number of nitrogens with two attached hydrogens (primary N) is 1. The first-order valence-corrected chi connectivity index (χ1v) is 7.24. The zero-order valence-electron chi connectivity index (χ0n) is 13.8. The highest BCUT2D eigenvalue weighted by molar-refractivity contribution is 5.43. The molecular formula is C16H28N2O3. The van der Waals surface area contributed by atoms with Crippen LogP contribution in [0.15, 0.2) is 18.2 Å². The van der Waals surface area contributed by atoms with Gasteiger partial charge < -0.3 is 19.9 Å². The van der Waals surface area contributed by atoms with Crippen LogP contribution in [0.3, 0.4) is 0 Å². The molecular weight excluding hydrogens is 268 g/mol. The maximum atomic E-state index is 6.34. The molecule has 1 aromatic rings. The maximum absolute atomic E-state index is 6.34. The second-order valence-electron chi connectivity index (χ2n) is 5.30. The number of nitrogens with zero attached hydrogens (tertiary/aromatic N) is 1. The van der Waals surface area contributed by atoms with Gasteiger partial charge in [0.1, 0.15) is 0 Å². The van der Waals surface area contributed by atoms with E-state index in [0.29, 0.717) is 24.1 Å². The molecule has 120 valence electrons. The molecule has 5 heteroatoms. The van der Waals surface area contributed by atoms with Crippen molar-refractivity contribution in [3.8, 4) is 11.5 Å². The van der Waals surface area contributed by atoms with Gasteiger partial charge in [0, 0.05) is 32.3 Å². The van der Waals surface area contributed by atoms with Gasteiger partial charge in [-0.15, -0.1) is 0 Å². The minimum Gasteiger partial charge on any atom is -0.493 e. The quantitative estimate of drug-likeness (QED) is 0.756. The highest BCUT2D eigenvalue weighted by atomic mass is 16.5. The summed E-state index contributed by atoms with van der Waals surface area (Å²) in [4.78, 5) is 2.31. The van der Waals surface area contributed by atoms with E-state index >= 15 is 0 Å². The number of hydrogen-bond donors (Lipinski definition) is 1. The second-order valence-corrected chi connectivity index (χ2v) is 5.30. The average molecular weight is 296 g/mol. The molecule has 0 heterocycles. The lowest BCUT2D eigenvalue weighted by Gasteiger charge is -2.29. The van der Waals surface area contributed by atoms with Crippen LogP contribution in [0, 0.1) is 0 Å². The third kappa shape index (κ3) is 5.19. The van der Waals surface area contributed by atoms with Gasteiger partial charge in [0.15, 0.2) is 11.5 Å². The molecule has 1 rings (SSSR count). The van der Waals surface area contributed by atoms with Crippen molar-refractivity contribution in [2.45, 2.75) is 25.9 Å². The molecule has 0 aliphatic heterocycles. The van der Waals surface area contributed by atoms with E-state index in [1.165, 1.54) is 0 Å². The molecule has 2 N–H and O–H groups in total. The maximum Gasteiger partial charge on any atom is 0.161 e. The SMILES string of the molecule is COCCN(CC(N)c1ccc(OC)c(OC)c1)C(C)C. The summed E-state index contributed by atoms with van der Waals surface area (Å²) in [5.41, 5.74) is 7.38. The minimum atomic E-state index is -0.0796. The molecule has 1 unspecified atom stereocenters. The lowest BCUT2D eigenvalue weighted by atomic mass is 10.1. The van der Waals surface area contributed by atoms with E-state index in [0.717, 1.165) is 18.7 Å². The largest absolute Gasteiger partial charge is 0.493 e. The van der Waals surface area contributed by atoms with Crippen molar-refractivity contribution in [3.63, 3.8) is 0 Å². The first-order valence-electron chi connectivity index (χ1n) is 7.24. The first-order chi connectivity index (χ1) is 10.0. The van der Waals surface area contributed by atoms with Crippen molar-refractivity contribution in [1.29, 1.82) is 0 Å². The minimum absolute atomic E-state index is 0.0796. The van der Waals surface area contributed by atoms with Crippen molar-refractivity contribution in [3.05, 3.63) is 23.8 Å². The third-order valence-corrected chi connectivity index (χ3v) is 3.58. The van der Waals surface area contributed by atoms with Crippen LogP contribution in [-0.4, -0.2) is 52.0 Å². The Morgan fingerprint density at radius 2 is 1.76 bits per heavy atom. The van der Waals surface area contributed by atoms with Crippen LogP contribution < -0.4 is 15.2 Å². The van der Waals surface area contributed by atoms with Crippen LogP contribution in [0.5, 0.6) is 11.5 Å². The van der Waals surface area contributed by atoms with Crippen molar-refractivity contribution < 1.29 is 14.2 Å². The zero-order chi connectivity index (χ0) is 15.8. The van der Waals surface area contributed by atoms with Crippen LogP contribution in [0.4, 0.5) is 0 Å². The molecule has 1 aromatic carbocycles. The molecule has 5 nitrogen and oxygen atoms in total. The normalized spacial score (nSPS) is 12.8. The van der Waals surface area contributed by atoms with Crippen molar-refractivity contribution in [2.24, 2.45) is 5.73 Å². The molecule has 0 radical (unpaired) electrons. The van der Waals surface area contributed by atoms with Gasteiger partial charge >= 0.3 is 0 Å². The predicted molar refractivity (Wildman–Crippen MR) is 85.1 cm³/mol. The fourth-order valence-electron chi connectivity index (χ4n) is 2.21. The van der Waals surface area contributed by atoms with Gasteiger partial charge in [0.25, 0.3) is 0 Å². The predicted octanol–water partition coefficient (Wildman–Crippen LogP) is 2.06. The Hall–Kier alpha value is -1.30. The van der Waals surface area contributed by atoms with E-state index in [1.807, 2.05) is 18.2 Å². The van der Waals surface area contributed by atoms with E-state index in [1.54, 1.807) is 21.3 Å². The summed E-state index contributed by atoms with van der Waals surface area (Å²) < 4.78 is 15.7. The van der Waals surface area contributed by atoms with Gasteiger partial charge in [0.05, 0.1) is 20.8 Å². The van der Waals surface area contributed by atoms with E-state index in [2.05, 4.69) is 18.7 Å². The fraction of sp³-hybridized carbons (Fsp3) is 0.625. The van der Waals surface area contributed by atoms with Crippen LogP contribution in [0.2, 0.25) is 0 Å². The van der Waals surface area contributed by atoms with E-state index < -0.39 is 0 Å². The Bertz CT molecular complexity index is 424. The Morgan fingerprint density at radius 3 is 2.29 bits per heavy atom. The third-order valence-electron chi connectivity index (χ3n) is 3.58. The van der Waals surface area contributed by atoms with Crippen molar-refractivity contribution in [1.82, 2.24) is 4.90 Å². The number of rotatable bonds is 9. The highest BCUT2D eigenvalue weighted by Crippen LogP contribution is 2.29. The van der Waals surface area contributed by atoms with Crippen LogP contribution in [0.1, 0.15) is 25.5 Å². The lowest BCUT2D eigenvalue weighted by Crippen LogP contribution is -2.39. The van der Waals surface area contributed by atoms with Gasteiger partial charge in [-0.25, -0.2) is 0 Å². The van der Waals surface area contributed by atoms with Crippen molar-refractivity contribution >= 4 is 0 Å². The Morgan fingerprint density at radius 1 is 1.10 bits per heavy atom. The van der Waals surface area contributed by atoms with Gasteiger partial charge in [-0.1, -0.05) is 6.07 Å². The summed E-state index contributed by atoms with van der Waals surface area (Å²) >= 11 is 0. The second kappa shape index (κ2) is 8.87. The number of hydrogen-bond acceptors (Lipinski definition) is 5. The monoisotopic (exact) mass is 296 g/mol. The molecule has 0 aliphatic carbocycles. The van der Waals surface area contributed by atoms with Crippen LogP contribution >= 0.6 is 0 Å². The molecule has 21 heavy (non-hydrogen) atoms. The first kappa shape index (κ1) is 17.8. The summed E-state index contributed by atoms with van der Waals surface area (Å²) in [5.74, 6) is 1.42. The number of benzene rings is 1. The molecule has 0 amide bonds. The molecule has 0 spiro atoms. The van der Waals surface area contributed by atoms with Gasteiger partial charge in [-0.3, -0.25) is 4.90 Å². The molecule has 0 bridgehead atoms. The molecule has 0 saturated heterocycles. The number of methoxy groups -OCH3 is 3. The van der Waals surface area contributed by atoms with Gasteiger partial charge in [-0.2, -0.15) is 0 Å². The topological polar surface area (TPSA) is 57.0 Å². The fourth-order valence-corrected chi connectivity index (χ4v) is 2.21.